The van der Waals surface area contributed by atoms with Crippen molar-refractivity contribution in [1.82, 2.24) is 5.32 Å². The summed E-state index contributed by atoms with van der Waals surface area (Å²) in [6.45, 7) is 3.41. The van der Waals surface area contributed by atoms with E-state index in [-0.39, 0.29) is 11.8 Å². The Labute approximate surface area is 107 Å². The van der Waals surface area contributed by atoms with Crippen LogP contribution in [0.25, 0.3) is 0 Å². The van der Waals surface area contributed by atoms with Crippen LogP contribution in [0.3, 0.4) is 0 Å². The summed E-state index contributed by atoms with van der Waals surface area (Å²) >= 11 is 5.98. The Hall–Kier alpha value is -1.06. The lowest BCUT2D eigenvalue weighted by atomic mass is 10.1. The average molecular weight is 253 g/mol. The summed E-state index contributed by atoms with van der Waals surface area (Å²) < 4.78 is 0. The van der Waals surface area contributed by atoms with Crippen molar-refractivity contribution in [1.29, 1.82) is 0 Å². The lowest BCUT2D eigenvalue weighted by Gasteiger charge is -2.21. The second-order valence-electron chi connectivity index (χ2n) is 4.47. The Morgan fingerprint density at radius 1 is 1.59 bits per heavy atom. The summed E-state index contributed by atoms with van der Waals surface area (Å²) in [5.41, 5.74) is 2.19. The fraction of sp³-hybridized carbons (Fsp3) is 0.462. The van der Waals surface area contributed by atoms with Crippen molar-refractivity contribution in [3.8, 4) is 0 Å². The van der Waals surface area contributed by atoms with Gasteiger partial charge in [-0.1, -0.05) is 24.6 Å². The van der Waals surface area contributed by atoms with Crippen LogP contribution in [0.4, 0.5) is 5.69 Å². The van der Waals surface area contributed by atoms with E-state index in [1.165, 1.54) is 5.56 Å². The lowest BCUT2D eigenvalue weighted by Crippen LogP contribution is -2.37. The number of hydrogen-bond acceptors (Lipinski definition) is 2. The third-order valence-electron chi connectivity index (χ3n) is 3.14. The number of benzene rings is 1. The van der Waals surface area contributed by atoms with E-state index in [4.69, 9.17) is 11.6 Å². The second-order valence-corrected chi connectivity index (χ2v) is 4.91. The van der Waals surface area contributed by atoms with E-state index >= 15 is 0 Å². The number of nitrogens with zero attached hydrogens (tertiary/aromatic N) is 1. The molecular formula is C13H17ClN2O. The number of amides is 1. The van der Waals surface area contributed by atoms with Crippen LogP contribution in [-0.2, 0) is 11.2 Å². The summed E-state index contributed by atoms with van der Waals surface area (Å²) in [6.07, 6.45) is 0.921. The van der Waals surface area contributed by atoms with Gasteiger partial charge in [-0.15, -0.1) is 0 Å². The molecule has 2 rings (SSSR count). The third-order valence-corrected chi connectivity index (χ3v) is 3.38. The van der Waals surface area contributed by atoms with Gasteiger partial charge in [0.15, 0.2) is 0 Å². The monoisotopic (exact) mass is 252 g/mol. The molecule has 0 spiro atoms. The topological polar surface area (TPSA) is 32.3 Å². The van der Waals surface area contributed by atoms with E-state index in [1.807, 2.05) is 37.1 Å². The number of carbonyl (C=O) groups excluding carboxylic acids is 1. The van der Waals surface area contributed by atoms with Crippen LogP contribution < -0.4 is 10.2 Å². The molecule has 0 saturated carbocycles. The summed E-state index contributed by atoms with van der Waals surface area (Å²) in [4.78, 5) is 14.1. The Balaban J connectivity index is 2.21. The minimum absolute atomic E-state index is 0.00932. The molecule has 17 heavy (non-hydrogen) atoms. The number of anilines is 1. The highest BCUT2D eigenvalue weighted by Gasteiger charge is 2.27. The molecule has 1 aliphatic rings. The molecule has 4 heteroatoms. The van der Waals surface area contributed by atoms with Crippen LogP contribution in [0, 0.1) is 5.92 Å². The first kappa shape index (κ1) is 12.4. The predicted octanol–water partition coefficient (Wildman–Crippen LogP) is 2.08. The third kappa shape index (κ3) is 2.45. The van der Waals surface area contributed by atoms with Gasteiger partial charge in [0.05, 0.1) is 0 Å². The van der Waals surface area contributed by atoms with Crippen molar-refractivity contribution in [2.45, 2.75) is 13.3 Å². The van der Waals surface area contributed by atoms with E-state index in [0.717, 1.165) is 18.7 Å². The fourth-order valence-corrected chi connectivity index (χ4v) is 2.41. The molecule has 1 aromatic carbocycles. The van der Waals surface area contributed by atoms with E-state index < -0.39 is 0 Å². The molecule has 1 unspecified atom stereocenters. The number of fused-ring (bicyclic) bond motifs is 1. The van der Waals surface area contributed by atoms with Crippen LogP contribution in [0.5, 0.6) is 0 Å². The van der Waals surface area contributed by atoms with Gasteiger partial charge in [-0.05, 0) is 31.2 Å². The maximum atomic E-state index is 12.3. The first-order valence-corrected chi connectivity index (χ1v) is 6.25. The van der Waals surface area contributed by atoms with Crippen molar-refractivity contribution in [2.75, 3.05) is 25.0 Å². The number of carbonyl (C=O) groups is 1. The highest BCUT2D eigenvalue weighted by Crippen LogP contribution is 2.31. The smallest absolute Gasteiger partial charge is 0.231 e. The molecule has 1 N–H and O–H groups in total. The number of halogens is 1. The quantitative estimate of drug-likeness (QED) is 0.894. The van der Waals surface area contributed by atoms with Crippen molar-refractivity contribution in [2.24, 2.45) is 5.92 Å². The fourth-order valence-electron chi connectivity index (χ4n) is 2.24. The first-order chi connectivity index (χ1) is 8.13. The molecule has 0 radical (unpaired) electrons. The van der Waals surface area contributed by atoms with Gasteiger partial charge in [0.25, 0.3) is 0 Å². The van der Waals surface area contributed by atoms with Crippen molar-refractivity contribution in [3.05, 3.63) is 28.8 Å². The lowest BCUT2D eigenvalue weighted by molar-refractivity contribution is -0.121. The predicted molar refractivity (Wildman–Crippen MR) is 70.6 cm³/mol. The maximum Gasteiger partial charge on any atom is 0.231 e. The van der Waals surface area contributed by atoms with E-state index in [9.17, 15) is 4.79 Å². The molecule has 1 aromatic rings. The van der Waals surface area contributed by atoms with Crippen molar-refractivity contribution < 1.29 is 4.79 Å². The highest BCUT2D eigenvalue weighted by molar-refractivity contribution is 6.31. The molecule has 0 saturated heterocycles. The number of rotatable bonds is 3. The first-order valence-electron chi connectivity index (χ1n) is 5.88. The number of hydrogen-bond donors (Lipinski definition) is 1. The van der Waals surface area contributed by atoms with Gasteiger partial charge < -0.3 is 10.2 Å². The minimum atomic E-state index is -0.00932. The van der Waals surface area contributed by atoms with Gasteiger partial charge in [-0.3, -0.25) is 4.79 Å². The maximum absolute atomic E-state index is 12.3. The van der Waals surface area contributed by atoms with Crippen LogP contribution in [0.2, 0.25) is 5.02 Å². The zero-order chi connectivity index (χ0) is 12.4. The molecule has 1 aliphatic heterocycles. The largest absolute Gasteiger partial charge is 0.319 e. The Bertz CT molecular complexity index is 433. The van der Waals surface area contributed by atoms with Crippen molar-refractivity contribution >= 4 is 23.2 Å². The molecule has 3 nitrogen and oxygen atoms in total. The average Bonchev–Trinajstić information content (AvgIpc) is 2.71. The molecule has 0 aliphatic carbocycles. The van der Waals surface area contributed by atoms with Crippen LogP contribution >= 0.6 is 11.6 Å². The van der Waals surface area contributed by atoms with Gasteiger partial charge in [0, 0.05) is 29.7 Å². The SMILES string of the molecule is CNCC(C)C(=O)N1CCc2ccc(Cl)cc21. The normalized spacial score (nSPS) is 15.8. The minimum Gasteiger partial charge on any atom is -0.319 e. The van der Waals surface area contributed by atoms with Gasteiger partial charge in [0.2, 0.25) is 5.91 Å². The standard InChI is InChI=1S/C13H17ClN2O/c1-9(8-15-2)13(17)16-6-5-10-3-4-11(14)7-12(10)16/h3-4,7,9,15H,5-6,8H2,1-2H3. The summed E-state index contributed by atoms with van der Waals surface area (Å²) in [5, 5.41) is 3.72. The Morgan fingerprint density at radius 2 is 2.35 bits per heavy atom. The van der Waals surface area contributed by atoms with Gasteiger partial charge in [-0.25, -0.2) is 0 Å². The molecule has 0 aromatic heterocycles. The van der Waals surface area contributed by atoms with Crippen molar-refractivity contribution in [3.63, 3.8) is 0 Å². The highest BCUT2D eigenvalue weighted by atomic mass is 35.5. The van der Waals surface area contributed by atoms with Gasteiger partial charge >= 0.3 is 0 Å². The Kier molecular flexibility index (Phi) is 3.69. The van der Waals surface area contributed by atoms with Crippen LogP contribution in [0.1, 0.15) is 12.5 Å². The van der Waals surface area contributed by atoms with Crippen LogP contribution in [-0.4, -0.2) is 26.0 Å². The molecule has 1 atom stereocenters. The molecule has 0 bridgehead atoms. The van der Waals surface area contributed by atoms with E-state index in [1.54, 1.807) is 0 Å². The Morgan fingerprint density at radius 3 is 3.06 bits per heavy atom. The zero-order valence-electron chi connectivity index (χ0n) is 10.2. The van der Waals surface area contributed by atoms with E-state index in [0.29, 0.717) is 11.6 Å². The summed E-state index contributed by atoms with van der Waals surface area (Å²) in [6, 6.07) is 5.77. The molecule has 92 valence electrons. The summed E-state index contributed by atoms with van der Waals surface area (Å²) in [5.74, 6) is 0.158. The van der Waals surface area contributed by atoms with Gasteiger partial charge in [0.1, 0.15) is 0 Å². The molecule has 0 fully saturated rings. The molecular weight excluding hydrogens is 236 g/mol. The zero-order valence-corrected chi connectivity index (χ0v) is 10.9. The molecule has 1 amide bonds. The van der Waals surface area contributed by atoms with Gasteiger partial charge in [-0.2, -0.15) is 0 Å². The van der Waals surface area contributed by atoms with E-state index in [2.05, 4.69) is 5.32 Å². The number of nitrogens with one attached hydrogen (secondary N) is 1. The second kappa shape index (κ2) is 5.07. The van der Waals surface area contributed by atoms with Crippen LogP contribution in [0.15, 0.2) is 18.2 Å². The summed E-state index contributed by atoms with van der Waals surface area (Å²) in [7, 11) is 1.86. The molecule has 1 heterocycles.